The lowest BCUT2D eigenvalue weighted by atomic mass is 10.0. The predicted molar refractivity (Wildman–Crippen MR) is 77.1 cm³/mol. The molecular weight excluding hydrogens is 268 g/mol. The number of para-hydroxylation sites is 1. The molecule has 1 amide bonds. The normalized spacial score (nSPS) is 18.7. The van der Waals surface area contributed by atoms with Crippen molar-refractivity contribution in [3.05, 3.63) is 36.2 Å². The van der Waals surface area contributed by atoms with E-state index in [1.54, 1.807) is 0 Å². The van der Waals surface area contributed by atoms with E-state index in [1.807, 2.05) is 36.2 Å². The second kappa shape index (κ2) is 6.01. The van der Waals surface area contributed by atoms with Gasteiger partial charge in [-0.05, 0) is 42.4 Å². The number of benzene rings is 1. The molecule has 1 aromatic heterocycles. The summed E-state index contributed by atoms with van der Waals surface area (Å²) in [4.78, 5) is 14.7. The van der Waals surface area contributed by atoms with Crippen LogP contribution < -0.4 is 5.32 Å². The molecule has 1 aliphatic rings. The predicted octanol–water partition coefficient (Wildman–Crippen LogP) is 0.486. The molecule has 21 heavy (non-hydrogen) atoms. The van der Waals surface area contributed by atoms with Crippen LogP contribution in [0.2, 0.25) is 0 Å². The summed E-state index contributed by atoms with van der Waals surface area (Å²) in [6.07, 6.45) is 3.62. The first-order valence-electron chi connectivity index (χ1n) is 7.08. The Bertz CT molecular complexity index is 612. The van der Waals surface area contributed by atoms with E-state index in [0.29, 0.717) is 17.3 Å². The van der Waals surface area contributed by atoms with Crippen molar-refractivity contribution in [3.8, 4) is 5.69 Å². The van der Waals surface area contributed by atoms with E-state index < -0.39 is 0 Å². The number of carbonyl (C=O) groups is 1. The summed E-state index contributed by atoms with van der Waals surface area (Å²) >= 11 is 0. The second-order valence-electron chi connectivity index (χ2n) is 5.15. The van der Waals surface area contributed by atoms with Crippen LogP contribution >= 0.6 is 0 Å². The topological polar surface area (TPSA) is 75.9 Å². The van der Waals surface area contributed by atoms with Crippen LogP contribution in [0.1, 0.15) is 23.2 Å². The maximum atomic E-state index is 12.8. The van der Waals surface area contributed by atoms with Gasteiger partial charge in [0.15, 0.2) is 0 Å². The lowest BCUT2D eigenvalue weighted by Gasteiger charge is -2.33. The highest BCUT2D eigenvalue weighted by molar-refractivity contribution is 5.97. The Labute approximate surface area is 122 Å². The molecule has 1 saturated heterocycles. The number of likely N-dealkylation sites (tertiary alicyclic amines) is 1. The average molecular weight is 286 g/mol. The summed E-state index contributed by atoms with van der Waals surface area (Å²) in [5, 5.41) is 14.4. The first kappa shape index (κ1) is 13.7. The smallest absolute Gasteiger partial charge is 0.256 e. The zero-order chi connectivity index (χ0) is 14.7. The van der Waals surface area contributed by atoms with Gasteiger partial charge in [-0.1, -0.05) is 12.1 Å². The van der Waals surface area contributed by atoms with Crippen LogP contribution in [0.4, 0.5) is 0 Å². The van der Waals surface area contributed by atoms with Crippen molar-refractivity contribution in [2.45, 2.75) is 18.9 Å². The van der Waals surface area contributed by atoms with E-state index >= 15 is 0 Å². The van der Waals surface area contributed by atoms with Gasteiger partial charge in [0.2, 0.25) is 0 Å². The SMILES string of the molecule is CNC1CCCN(C(=O)c2ccccc2-n2cnnn2)C1. The number of rotatable bonds is 3. The number of carbonyl (C=O) groups excluding carboxylic acids is 1. The molecular formula is C14H18N6O. The van der Waals surface area contributed by atoms with Crippen LogP contribution in [0.5, 0.6) is 0 Å². The molecule has 3 rings (SSSR count). The molecule has 0 radical (unpaired) electrons. The molecule has 110 valence electrons. The van der Waals surface area contributed by atoms with Gasteiger partial charge in [-0.25, -0.2) is 0 Å². The Morgan fingerprint density at radius 2 is 2.24 bits per heavy atom. The Balaban J connectivity index is 1.88. The van der Waals surface area contributed by atoms with Crippen LogP contribution in [0.15, 0.2) is 30.6 Å². The molecule has 7 nitrogen and oxygen atoms in total. The molecule has 0 saturated carbocycles. The molecule has 1 unspecified atom stereocenters. The molecule has 2 aromatic rings. The van der Waals surface area contributed by atoms with Gasteiger partial charge in [0.25, 0.3) is 5.91 Å². The standard InChI is InChI=1S/C14H18N6O/c1-15-11-5-4-8-19(9-11)14(21)12-6-2-3-7-13(12)20-10-16-17-18-20/h2-3,6-7,10-11,15H,4-5,8-9H2,1H3. The van der Waals surface area contributed by atoms with Gasteiger partial charge in [-0.2, -0.15) is 4.68 Å². The van der Waals surface area contributed by atoms with E-state index in [0.717, 1.165) is 25.9 Å². The number of nitrogens with one attached hydrogen (secondary N) is 1. The molecule has 1 aromatic carbocycles. The van der Waals surface area contributed by atoms with E-state index in [1.165, 1.54) is 11.0 Å². The number of hydrogen-bond donors (Lipinski definition) is 1. The van der Waals surface area contributed by atoms with Crippen LogP contribution in [-0.2, 0) is 0 Å². The molecule has 0 spiro atoms. The summed E-state index contributed by atoms with van der Waals surface area (Å²) in [5.74, 6) is 0.0288. The van der Waals surface area contributed by atoms with Gasteiger partial charge in [-0.15, -0.1) is 5.10 Å². The van der Waals surface area contributed by atoms with Crippen molar-refractivity contribution in [3.63, 3.8) is 0 Å². The van der Waals surface area contributed by atoms with E-state index in [-0.39, 0.29) is 5.91 Å². The van der Waals surface area contributed by atoms with Crippen molar-refractivity contribution in [1.29, 1.82) is 0 Å². The van der Waals surface area contributed by atoms with E-state index in [9.17, 15) is 4.79 Å². The molecule has 0 bridgehead atoms. The van der Waals surface area contributed by atoms with Gasteiger partial charge >= 0.3 is 0 Å². The number of likely N-dealkylation sites (N-methyl/N-ethyl adjacent to an activating group) is 1. The van der Waals surface area contributed by atoms with E-state index in [2.05, 4.69) is 20.8 Å². The zero-order valence-electron chi connectivity index (χ0n) is 11.9. The van der Waals surface area contributed by atoms with Gasteiger partial charge in [-0.3, -0.25) is 4.79 Å². The third-order valence-electron chi connectivity index (χ3n) is 3.85. The summed E-state index contributed by atoms with van der Waals surface area (Å²) in [6.45, 7) is 1.53. The molecule has 1 N–H and O–H groups in total. The summed E-state index contributed by atoms with van der Waals surface area (Å²) < 4.78 is 1.52. The van der Waals surface area contributed by atoms with Gasteiger partial charge in [0, 0.05) is 19.1 Å². The Morgan fingerprint density at radius 3 is 3.00 bits per heavy atom. The monoisotopic (exact) mass is 286 g/mol. The van der Waals surface area contributed by atoms with Crippen molar-refractivity contribution < 1.29 is 4.79 Å². The maximum Gasteiger partial charge on any atom is 0.256 e. The summed E-state index contributed by atoms with van der Waals surface area (Å²) in [6, 6.07) is 7.77. The molecule has 0 aliphatic carbocycles. The molecule has 7 heteroatoms. The van der Waals surface area contributed by atoms with Crippen LogP contribution in [0.3, 0.4) is 0 Å². The first-order valence-corrected chi connectivity index (χ1v) is 7.08. The number of hydrogen-bond acceptors (Lipinski definition) is 5. The summed E-state index contributed by atoms with van der Waals surface area (Å²) in [7, 11) is 1.94. The van der Waals surface area contributed by atoms with E-state index in [4.69, 9.17) is 0 Å². The molecule has 1 atom stereocenters. The Morgan fingerprint density at radius 1 is 1.38 bits per heavy atom. The summed E-state index contributed by atoms with van der Waals surface area (Å²) in [5.41, 5.74) is 1.33. The van der Waals surface area contributed by atoms with Crippen molar-refractivity contribution >= 4 is 5.91 Å². The third-order valence-corrected chi connectivity index (χ3v) is 3.85. The minimum Gasteiger partial charge on any atom is -0.337 e. The fourth-order valence-electron chi connectivity index (χ4n) is 2.69. The number of piperidine rings is 1. The van der Waals surface area contributed by atoms with Crippen molar-refractivity contribution in [1.82, 2.24) is 30.4 Å². The fourth-order valence-corrected chi connectivity index (χ4v) is 2.69. The largest absolute Gasteiger partial charge is 0.337 e. The lowest BCUT2D eigenvalue weighted by Crippen LogP contribution is -2.47. The van der Waals surface area contributed by atoms with Gasteiger partial charge < -0.3 is 10.2 Å². The number of aromatic nitrogens is 4. The van der Waals surface area contributed by atoms with Gasteiger partial charge in [0.05, 0.1) is 11.3 Å². The molecule has 1 fully saturated rings. The second-order valence-corrected chi connectivity index (χ2v) is 5.15. The highest BCUT2D eigenvalue weighted by Crippen LogP contribution is 2.18. The quantitative estimate of drug-likeness (QED) is 0.888. The number of nitrogens with zero attached hydrogens (tertiary/aromatic N) is 5. The Kier molecular flexibility index (Phi) is 3.92. The highest BCUT2D eigenvalue weighted by Gasteiger charge is 2.25. The van der Waals surface area contributed by atoms with Crippen molar-refractivity contribution in [2.24, 2.45) is 0 Å². The van der Waals surface area contributed by atoms with Crippen molar-refractivity contribution in [2.75, 3.05) is 20.1 Å². The third kappa shape index (κ3) is 2.78. The average Bonchev–Trinajstić information content (AvgIpc) is 3.08. The first-order chi connectivity index (χ1) is 10.3. The highest BCUT2D eigenvalue weighted by atomic mass is 16.2. The minimum atomic E-state index is 0.0288. The number of amides is 1. The molecule has 1 aliphatic heterocycles. The number of tetrazole rings is 1. The van der Waals surface area contributed by atoms with Crippen LogP contribution in [-0.4, -0.2) is 57.2 Å². The lowest BCUT2D eigenvalue weighted by molar-refractivity contribution is 0.0698. The van der Waals surface area contributed by atoms with Gasteiger partial charge in [0.1, 0.15) is 6.33 Å². The zero-order valence-corrected chi connectivity index (χ0v) is 11.9. The minimum absolute atomic E-state index is 0.0288. The van der Waals surface area contributed by atoms with Crippen LogP contribution in [0, 0.1) is 0 Å². The Hall–Kier alpha value is -2.28. The van der Waals surface area contributed by atoms with Crippen LogP contribution in [0.25, 0.3) is 5.69 Å². The fraction of sp³-hybridized carbons (Fsp3) is 0.429. The molecule has 2 heterocycles. The maximum absolute atomic E-state index is 12.8.